The maximum absolute atomic E-state index is 11.5. The van der Waals surface area contributed by atoms with Gasteiger partial charge >= 0.3 is 5.97 Å². The van der Waals surface area contributed by atoms with Gasteiger partial charge in [-0.2, -0.15) is 5.26 Å². The molecule has 20 heavy (non-hydrogen) atoms. The molecule has 1 aliphatic carbocycles. The van der Waals surface area contributed by atoms with Crippen LogP contribution < -0.4 is 5.32 Å². The molecule has 0 heterocycles. The van der Waals surface area contributed by atoms with E-state index in [9.17, 15) is 10.1 Å². The van der Waals surface area contributed by atoms with E-state index < -0.39 is 0 Å². The lowest BCUT2D eigenvalue weighted by Crippen LogP contribution is -2.30. The van der Waals surface area contributed by atoms with E-state index in [1.54, 1.807) is 0 Å². The monoisotopic (exact) mass is 336 g/mol. The summed E-state index contributed by atoms with van der Waals surface area (Å²) >= 11 is 3.39. The van der Waals surface area contributed by atoms with Crippen molar-refractivity contribution in [3.05, 3.63) is 28.2 Å². The number of nitrogens with one attached hydrogen (secondary N) is 1. The van der Waals surface area contributed by atoms with Crippen LogP contribution in [0.4, 0.5) is 5.69 Å². The molecule has 0 spiro atoms. The van der Waals surface area contributed by atoms with E-state index in [-0.39, 0.29) is 11.9 Å². The Balaban J connectivity index is 1.98. The smallest absolute Gasteiger partial charge is 0.308 e. The largest absolute Gasteiger partial charge is 0.469 e. The SMILES string of the molecule is COC(=O)C1CCC(Nc2cccc(Br)c2C#N)CC1. The summed E-state index contributed by atoms with van der Waals surface area (Å²) in [5.41, 5.74) is 1.48. The molecule has 0 saturated heterocycles. The highest BCUT2D eigenvalue weighted by atomic mass is 79.9. The Morgan fingerprint density at radius 3 is 2.70 bits per heavy atom. The second kappa shape index (κ2) is 6.76. The number of esters is 1. The van der Waals surface area contributed by atoms with Crippen molar-refractivity contribution in [2.75, 3.05) is 12.4 Å². The maximum atomic E-state index is 11.5. The number of rotatable bonds is 3. The number of hydrogen-bond donors (Lipinski definition) is 1. The third-order valence-electron chi connectivity index (χ3n) is 3.75. The second-order valence-electron chi connectivity index (χ2n) is 4.99. The number of carbonyl (C=O) groups excluding carboxylic acids is 1. The first-order valence-corrected chi connectivity index (χ1v) is 7.48. The Morgan fingerprint density at radius 1 is 1.40 bits per heavy atom. The van der Waals surface area contributed by atoms with Gasteiger partial charge in [0.05, 0.1) is 24.3 Å². The van der Waals surface area contributed by atoms with Crippen molar-refractivity contribution in [3.8, 4) is 6.07 Å². The lowest BCUT2D eigenvalue weighted by Gasteiger charge is -2.28. The Labute approximate surface area is 127 Å². The van der Waals surface area contributed by atoms with Gasteiger partial charge < -0.3 is 10.1 Å². The summed E-state index contributed by atoms with van der Waals surface area (Å²) in [7, 11) is 1.44. The third kappa shape index (κ3) is 3.31. The molecule has 106 valence electrons. The molecule has 0 amide bonds. The highest BCUT2D eigenvalue weighted by Gasteiger charge is 2.27. The Bertz CT molecular complexity index is 531. The molecule has 5 heteroatoms. The summed E-state index contributed by atoms with van der Waals surface area (Å²) in [5.74, 6) is -0.0837. The number of anilines is 1. The highest BCUT2D eigenvalue weighted by Crippen LogP contribution is 2.30. The van der Waals surface area contributed by atoms with Crippen molar-refractivity contribution in [1.29, 1.82) is 5.26 Å². The van der Waals surface area contributed by atoms with Crippen LogP contribution in [-0.2, 0) is 9.53 Å². The number of nitriles is 1. The van der Waals surface area contributed by atoms with Crippen LogP contribution in [0.1, 0.15) is 31.2 Å². The van der Waals surface area contributed by atoms with Gasteiger partial charge in [0.1, 0.15) is 6.07 Å². The fourth-order valence-corrected chi connectivity index (χ4v) is 3.07. The summed E-state index contributed by atoms with van der Waals surface area (Å²) in [6, 6.07) is 8.19. The zero-order valence-corrected chi connectivity index (χ0v) is 12.9. The average molecular weight is 337 g/mol. The lowest BCUT2D eigenvalue weighted by atomic mass is 9.86. The average Bonchev–Trinajstić information content (AvgIpc) is 2.47. The second-order valence-corrected chi connectivity index (χ2v) is 5.84. The minimum atomic E-state index is -0.108. The van der Waals surface area contributed by atoms with Crippen LogP contribution in [0.25, 0.3) is 0 Å². The summed E-state index contributed by atoms with van der Waals surface area (Å²) in [5, 5.41) is 12.6. The first-order valence-electron chi connectivity index (χ1n) is 6.68. The molecule has 0 aromatic heterocycles. The fraction of sp³-hybridized carbons (Fsp3) is 0.467. The molecule has 0 unspecified atom stereocenters. The molecule has 0 aliphatic heterocycles. The van der Waals surface area contributed by atoms with Crippen LogP contribution in [0.2, 0.25) is 0 Å². The molecule has 0 bridgehead atoms. The number of halogens is 1. The summed E-state index contributed by atoms with van der Waals surface area (Å²) in [4.78, 5) is 11.5. The molecular formula is C15H17BrN2O2. The quantitative estimate of drug-likeness (QED) is 0.858. The molecule has 1 aromatic rings. The first-order chi connectivity index (χ1) is 9.65. The van der Waals surface area contributed by atoms with Crippen molar-refractivity contribution in [3.63, 3.8) is 0 Å². The maximum Gasteiger partial charge on any atom is 0.308 e. The topological polar surface area (TPSA) is 62.1 Å². The van der Waals surface area contributed by atoms with Crippen molar-refractivity contribution in [2.45, 2.75) is 31.7 Å². The van der Waals surface area contributed by atoms with Crippen LogP contribution in [0.5, 0.6) is 0 Å². The molecule has 2 rings (SSSR count). The molecule has 1 saturated carbocycles. The van der Waals surface area contributed by atoms with Crippen LogP contribution >= 0.6 is 15.9 Å². The van der Waals surface area contributed by atoms with E-state index in [1.165, 1.54) is 7.11 Å². The zero-order valence-electron chi connectivity index (χ0n) is 11.4. The molecule has 4 nitrogen and oxygen atoms in total. The van der Waals surface area contributed by atoms with Gasteiger partial charge in [-0.3, -0.25) is 4.79 Å². The number of hydrogen-bond acceptors (Lipinski definition) is 4. The van der Waals surface area contributed by atoms with E-state index >= 15 is 0 Å². The van der Waals surface area contributed by atoms with Gasteiger partial charge in [-0.25, -0.2) is 0 Å². The lowest BCUT2D eigenvalue weighted by molar-refractivity contribution is -0.146. The van der Waals surface area contributed by atoms with Crippen LogP contribution in [0, 0.1) is 17.2 Å². The summed E-state index contributed by atoms with van der Waals surface area (Å²) in [6.45, 7) is 0. The van der Waals surface area contributed by atoms with Gasteiger partial charge in [-0.05, 0) is 53.7 Å². The van der Waals surface area contributed by atoms with Crippen LogP contribution in [0.3, 0.4) is 0 Å². The number of nitrogens with zero attached hydrogens (tertiary/aromatic N) is 1. The van der Waals surface area contributed by atoms with Crippen molar-refractivity contribution >= 4 is 27.6 Å². The Kier molecular flexibility index (Phi) is 5.02. The van der Waals surface area contributed by atoms with Crippen molar-refractivity contribution in [1.82, 2.24) is 0 Å². The zero-order chi connectivity index (χ0) is 14.5. The molecule has 0 radical (unpaired) electrons. The standard InChI is InChI=1S/C15H17BrN2O2/c1-20-15(19)10-5-7-11(8-6-10)18-14-4-2-3-13(16)12(14)9-17/h2-4,10-11,18H,5-8H2,1H3. The number of benzene rings is 1. The number of ether oxygens (including phenoxy) is 1. The number of carbonyl (C=O) groups is 1. The van der Waals surface area contributed by atoms with Crippen LogP contribution in [-0.4, -0.2) is 19.1 Å². The Morgan fingerprint density at radius 2 is 2.10 bits per heavy atom. The molecule has 1 aromatic carbocycles. The predicted octanol–water partition coefficient (Wildman–Crippen LogP) is 3.46. The summed E-state index contributed by atoms with van der Waals surface area (Å²) in [6.07, 6.45) is 3.49. The van der Waals surface area contributed by atoms with E-state index in [1.807, 2.05) is 18.2 Å². The van der Waals surface area contributed by atoms with Gasteiger partial charge in [-0.15, -0.1) is 0 Å². The minimum Gasteiger partial charge on any atom is -0.469 e. The van der Waals surface area contributed by atoms with Gasteiger partial charge in [0.2, 0.25) is 0 Å². The number of methoxy groups -OCH3 is 1. The van der Waals surface area contributed by atoms with E-state index in [0.29, 0.717) is 11.6 Å². The molecule has 1 N–H and O–H groups in total. The third-order valence-corrected chi connectivity index (χ3v) is 4.41. The van der Waals surface area contributed by atoms with E-state index in [4.69, 9.17) is 4.74 Å². The molecule has 0 atom stereocenters. The predicted molar refractivity (Wildman–Crippen MR) is 80.2 cm³/mol. The van der Waals surface area contributed by atoms with Gasteiger partial charge in [0.15, 0.2) is 0 Å². The first kappa shape index (κ1) is 14.9. The van der Waals surface area contributed by atoms with E-state index in [2.05, 4.69) is 27.3 Å². The van der Waals surface area contributed by atoms with Gasteiger partial charge in [0.25, 0.3) is 0 Å². The summed E-state index contributed by atoms with van der Waals surface area (Å²) < 4.78 is 5.59. The fourth-order valence-electron chi connectivity index (χ4n) is 2.62. The van der Waals surface area contributed by atoms with Crippen LogP contribution in [0.15, 0.2) is 22.7 Å². The van der Waals surface area contributed by atoms with Gasteiger partial charge in [-0.1, -0.05) is 6.07 Å². The Hall–Kier alpha value is -1.54. The molecule has 1 aliphatic rings. The molecule has 1 fully saturated rings. The minimum absolute atomic E-state index is 0.0241. The molecular weight excluding hydrogens is 320 g/mol. The van der Waals surface area contributed by atoms with Crippen molar-refractivity contribution < 1.29 is 9.53 Å². The normalized spacial score (nSPS) is 21.9. The highest BCUT2D eigenvalue weighted by molar-refractivity contribution is 9.10. The van der Waals surface area contributed by atoms with E-state index in [0.717, 1.165) is 35.8 Å². The van der Waals surface area contributed by atoms with Gasteiger partial charge in [0, 0.05) is 10.5 Å². The van der Waals surface area contributed by atoms with Crippen molar-refractivity contribution in [2.24, 2.45) is 5.92 Å².